The summed E-state index contributed by atoms with van der Waals surface area (Å²) in [4.78, 5) is 11.6. The molecule has 1 aromatic rings. The van der Waals surface area contributed by atoms with E-state index in [9.17, 15) is 4.79 Å². The number of nitriles is 1. The zero-order chi connectivity index (χ0) is 12.0. The molecular formula is C12H17N3O. The molecule has 86 valence electrons. The molecule has 1 unspecified atom stereocenters. The molecule has 0 radical (unpaired) electrons. The summed E-state index contributed by atoms with van der Waals surface area (Å²) in [5, 5.41) is 11.7. The minimum atomic E-state index is -0.0475. The maximum Gasteiger partial charge on any atom is 0.240 e. The lowest BCUT2D eigenvalue weighted by Crippen LogP contribution is -2.35. The maximum atomic E-state index is 11.6. The highest BCUT2D eigenvalue weighted by atomic mass is 16.2. The van der Waals surface area contributed by atoms with Gasteiger partial charge in [-0.25, -0.2) is 0 Å². The molecular weight excluding hydrogens is 202 g/mol. The molecule has 4 heteroatoms. The molecule has 1 heterocycles. The van der Waals surface area contributed by atoms with Gasteiger partial charge in [0.15, 0.2) is 0 Å². The molecule has 0 aromatic carbocycles. The van der Waals surface area contributed by atoms with Gasteiger partial charge in [0.1, 0.15) is 18.3 Å². The topological polar surface area (TPSA) is 57.8 Å². The van der Waals surface area contributed by atoms with Crippen LogP contribution in [0.1, 0.15) is 32.4 Å². The van der Waals surface area contributed by atoms with Crippen LogP contribution in [-0.4, -0.2) is 16.5 Å². The van der Waals surface area contributed by atoms with Crippen molar-refractivity contribution in [3.63, 3.8) is 0 Å². The van der Waals surface area contributed by atoms with Crippen molar-refractivity contribution in [2.75, 3.05) is 0 Å². The Kier molecular flexibility index (Phi) is 4.59. The summed E-state index contributed by atoms with van der Waals surface area (Å²) in [6.45, 7) is 4.29. The van der Waals surface area contributed by atoms with E-state index in [-0.39, 0.29) is 18.5 Å². The van der Waals surface area contributed by atoms with Crippen LogP contribution >= 0.6 is 0 Å². The van der Waals surface area contributed by atoms with Crippen molar-refractivity contribution < 1.29 is 4.79 Å². The number of aromatic nitrogens is 1. The molecule has 1 aromatic heterocycles. The zero-order valence-electron chi connectivity index (χ0n) is 9.73. The largest absolute Gasteiger partial charge is 0.352 e. The monoisotopic (exact) mass is 219 g/mol. The highest BCUT2D eigenvalue weighted by molar-refractivity contribution is 5.76. The fourth-order valence-corrected chi connectivity index (χ4v) is 1.63. The Morgan fingerprint density at radius 1 is 1.69 bits per heavy atom. The first-order valence-electron chi connectivity index (χ1n) is 5.52. The van der Waals surface area contributed by atoms with Crippen LogP contribution in [0.25, 0.3) is 0 Å². The molecule has 4 nitrogen and oxygen atoms in total. The van der Waals surface area contributed by atoms with Crippen molar-refractivity contribution in [2.45, 2.75) is 39.3 Å². The third kappa shape index (κ3) is 3.43. The SMILES string of the molecule is CCCC(C)NC(=O)Cn1cccc1C#N. The normalized spacial score (nSPS) is 11.8. The van der Waals surface area contributed by atoms with Crippen LogP contribution in [0.2, 0.25) is 0 Å². The van der Waals surface area contributed by atoms with Gasteiger partial charge >= 0.3 is 0 Å². The van der Waals surface area contributed by atoms with Gasteiger partial charge < -0.3 is 9.88 Å². The van der Waals surface area contributed by atoms with Crippen molar-refractivity contribution in [3.8, 4) is 6.07 Å². The summed E-state index contributed by atoms with van der Waals surface area (Å²) in [6, 6.07) is 5.70. The van der Waals surface area contributed by atoms with Crippen LogP contribution in [0.5, 0.6) is 0 Å². The van der Waals surface area contributed by atoms with Crippen molar-refractivity contribution in [2.24, 2.45) is 0 Å². The number of amides is 1. The number of hydrogen-bond donors (Lipinski definition) is 1. The van der Waals surface area contributed by atoms with E-state index in [1.54, 1.807) is 22.9 Å². The lowest BCUT2D eigenvalue weighted by atomic mass is 10.2. The van der Waals surface area contributed by atoms with E-state index in [0.29, 0.717) is 5.69 Å². The van der Waals surface area contributed by atoms with Crippen LogP contribution < -0.4 is 5.32 Å². The van der Waals surface area contributed by atoms with E-state index in [2.05, 4.69) is 12.2 Å². The van der Waals surface area contributed by atoms with Crippen LogP contribution in [0.3, 0.4) is 0 Å². The van der Waals surface area contributed by atoms with E-state index in [1.165, 1.54) is 0 Å². The molecule has 0 aliphatic heterocycles. The Morgan fingerprint density at radius 3 is 3.06 bits per heavy atom. The molecule has 1 rings (SSSR count). The summed E-state index contributed by atoms with van der Waals surface area (Å²) >= 11 is 0. The van der Waals surface area contributed by atoms with Crippen molar-refractivity contribution in [1.29, 1.82) is 5.26 Å². The Hall–Kier alpha value is -1.76. The number of carbonyl (C=O) groups excluding carboxylic acids is 1. The Bertz CT molecular complexity index is 389. The second kappa shape index (κ2) is 5.96. The Morgan fingerprint density at radius 2 is 2.44 bits per heavy atom. The van der Waals surface area contributed by atoms with Gasteiger partial charge in [-0.1, -0.05) is 13.3 Å². The van der Waals surface area contributed by atoms with Crippen LogP contribution in [0, 0.1) is 11.3 Å². The number of nitrogens with zero attached hydrogens (tertiary/aromatic N) is 2. The van der Waals surface area contributed by atoms with E-state index in [0.717, 1.165) is 12.8 Å². The Labute approximate surface area is 95.9 Å². The molecule has 1 atom stereocenters. The maximum absolute atomic E-state index is 11.6. The summed E-state index contributed by atoms with van der Waals surface area (Å²) in [5.41, 5.74) is 0.512. The van der Waals surface area contributed by atoms with Crippen LogP contribution in [-0.2, 0) is 11.3 Å². The first-order valence-corrected chi connectivity index (χ1v) is 5.52. The van der Waals surface area contributed by atoms with E-state index >= 15 is 0 Å². The van der Waals surface area contributed by atoms with Gasteiger partial charge in [0.25, 0.3) is 0 Å². The van der Waals surface area contributed by atoms with Gasteiger partial charge in [0, 0.05) is 12.2 Å². The van der Waals surface area contributed by atoms with E-state index in [1.807, 2.05) is 13.0 Å². The third-order valence-electron chi connectivity index (χ3n) is 2.39. The summed E-state index contributed by atoms with van der Waals surface area (Å²) in [5.74, 6) is -0.0475. The van der Waals surface area contributed by atoms with Crippen molar-refractivity contribution in [3.05, 3.63) is 24.0 Å². The summed E-state index contributed by atoms with van der Waals surface area (Å²) < 4.78 is 1.65. The predicted molar refractivity (Wildman–Crippen MR) is 61.7 cm³/mol. The van der Waals surface area contributed by atoms with E-state index < -0.39 is 0 Å². The number of nitrogens with one attached hydrogen (secondary N) is 1. The van der Waals surface area contributed by atoms with Gasteiger partial charge in [-0.2, -0.15) is 5.26 Å². The van der Waals surface area contributed by atoms with Crippen LogP contribution in [0.4, 0.5) is 0 Å². The standard InChI is InChI=1S/C12H17N3O/c1-3-5-10(2)14-12(16)9-15-7-4-6-11(15)8-13/h4,6-7,10H,3,5,9H2,1-2H3,(H,14,16). The first-order chi connectivity index (χ1) is 7.67. The Balaban J connectivity index is 2.49. The summed E-state index contributed by atoms with van der Waals surface area (Å²) in [7, 11) is 0. The van der Waals surface area contributed by atoms with Gasteiger partial charge in [-0.05, 0) is 25.5 Å². The molecule has 0 aliphatic rings. The zero-order valence-corrected chi connectivity index (χ0v) is 9.73. The first kappa shape index (κ1) is 12.3. The fourth-order valence-electron chi connectivity index (χ4n) is 1.63. The minimum absolute atomic E-state index is 0.0475. The smallest absolute Gasteiger partial charge is 0.240 e. The molecule has 0 saturated heterocycles. The highest BCUT2D eigenvalue weighted by Gasteiger charge is 2.08. The van der Waals surface area contributed by atoms with Crippen LogP contribution in [0.15, 0.2) is 18.3 Å². The minimum Gasteiger partial charge on any atom is -0.352 e. The molecule has 0 fully saturated rings. The quantitative estimate of drug-likeness (QED) is 0.818. The lowest BCUT2D eigenvalue weighted by molar-refractivity contribution is -0.122. The molecule has 1 amide bonds. The third-order valence-corrected chi connectivity index (χ3v) is 2.39. The fraction of sp³-hybridized carbons (Fsp3) is 0.500. The predicted octanol–water partition coefficient (Wildman–Crippen LogP) is 1.66. The van der Waals surface area contributed by atoms with Gasteiger partial charge in [-0.3, -0.25) is 4.79 Å². The number of carbonyl (C=O) groups is 1. The second-order valence-corrected chi connectivity index (χ2v) is 3.89. The molecule has 0 aliphatic carbocycles. The summed E-state index contributed by atoms with van der Waals surface area (Å²) in [6.07, 6.45) is 3.76. The second-order valence-electron chi connectivity index (χ2n) is 3.89. The molecule has 0 spiro atoms. The van der Waals surface area contributed by atoms with Crippen molar-refractivity contribution >= 4 is 5.91 Å². The molecule has 16 heavy (non-hydrogen) atoms. The van der Waals surface area contributed by atoms with Gasteiger partial charge in [-0.15, -0.1) is 0 Å². The van der Waals surface area contributed by atoms with Crippen molar-refractivity contribution in [1.82, 2.24) is 9.88 Å². The van der Waals surface area contributed by atoms with Gasteiger partial charge in [0.05, 0.1) is 0 Å². The molecule has 0 saturated carbocycles. The average molecular weight is 219 g/mol. The number of hydrogen-bond acceptors (Lipinski definition) is 2. The molecule has 1 N–H and O–H groups in total. The molecule has 0 bridgehead atoms. The van der Waals surface area contributed by atoms with E-state index in [4.69, 9.17) is 5.26 Å². The number of rotatable bonds is 5. The average Bonchev–Trinajstić information content (AvgIpc) is 2.65. The lowest BCUT2D eigenvalue weighted by Gasteiger charge is -2.13. The van der Waals surface area contributed by atoms with Gasteiger partial charge in [0.2, 0.25) is 5.91 Å². The highest BCUT2D eigenvalue weighted by Crippen LogP contribution is 2.00.